The Kier molecular flexibility index (Phi) is 8.63. The number of imidazole rings is 1. The van der Waals surface area contributed by atoms with Crippen molar-refractivity contribution in [2.75, 3.05) is 20.3 Å². The summed E-state index contributed by atoms with van der Waals surface area (Å²) in [5, 5.41) is 3.60. The van der Waals surface area contributed by atoms with Gasteiger partial charge in [0.15, 0.2) is 0 Å². The summed E-state index contributed by atoms with van der Waals surface area (Å²) in [6.07, 6.45) is 3.74. The average Bonchev–Trinajstić information content (AvgIpc) is 3.24. The predicted molar refractivity (Wildman–Crippen MR) is 140 cm³/mol. The van der Waals surface area contributed by atoms with Gasteiger partial charge in [0.2, 0.25) is 0 Å². The molecule has 1 aromatic heterocycles. The first-order valence-electron chi connectivity index (χ1n) is 11.9. The van der Waals surface area contributed by atoms with E-state index in [0.717, 1.165) is 42.5 Å². The van der Waals surface area contributed by atoms with E-state index in [-0.39, 0.29) is 5.91 Å². The SMILES string of the molecule is COc1ccccc1C(=O)NCCCCCc1nc2ccccc2n1CCOc1ccccc1Cl. The van der Waals surface area contributed by atoms with Gasteiger partial charge in [-0.25, -0.2) is 4.98 Å². The molecule has 4 aromatic rings. The van der Waals surface area contributed by atoms with Crippen molar-refractivity contribution in [2.24, 2.45) is 0 Å². The molecular formula is C28H30ClN3O3. The van der Waals surface area contributed by atoms with E-state index in [4.69, 9.17) is 26.1 Å². The van der Waals surface area contributed by atoms with Crippen LogP contribution in [0, 0.1) is 0 Å². The van der Waals surface area contributed by atoms with E-state index in [0.29, 0.717) is 41.8 Å². The fourth-order valence-electron chi connectivity index (χ4n) is 4.09. The molecule has 4 rings (SSSR count). The third-order valence-electron chi connectivity index (χ3n) is 5.86. The lowest BCUT2D eigenvalue weighted by atomic mass is 10.1. The number of hydrogen-bond acceptors (Lipinski definition) is 4. The molecule has 1 amide bonds. The van der Waals surface area contributed by atoms with Crippen LogP contribution in [0.2, 0.25) is 5.02 Å². The molecule has 0 unspecified atom stereocenters. The number of benzene rings is 3. The highest BCUT2D eigenvalue weighted by atomic mass is 35.5. The second-order valence-electron chi connectivity index (χ2n) is 8.21. The number of ether oxygens (including phenoxy) is 2. The summed E-state index contributed by atoms with van der Waals surface area (Å²) < 4.78 is 13.4. The van der Waals surface area contributed by atoms with E-state index >= 15 is 0 Å². The minimum absolute atomic E-state index is 0.109. The van der Waals surface area contributed by atoms with Crippen molar-refractivity contribution in [3.05, 3.63) is 89.2 Å². The molecule has 6 nitrogen and oxygen atoms in total. The maximum atomic E-state index is 12.4. The van der Waals surface area contributed by atoms with Gasteiger partial charge in [0.25, 0.3) is 5.91 Å². The van der Waals surface area contributed by atoms with Crippen LogP contribution in [-0.2, 0) is 13.0 Å². The molecule has 0 atom stereocenters. The van der Waals surface area contributed by atoms with Crippen molar-refractivity contribution in [1.29, 1.82) is 0 Å². The molecule has 182 valence electrons. The Labute approximate surface area is 210 Å². The zero-order valence-corrected chi connectivity index (χ0v) is 20.6. The quantitative estimate of drug-likeness (QED) is 0.250. The Bertz CT molecular complexity index is 1270. The molecule has 0 bridgehead atoms. The molecule has 0 spiro atoms. The second kappa shape index (κ2) is 12.3. The normalized spacial score (nSPS) is 10.9. The lowest BCUT2D eigenvalue weighted by Crippen LogP contribution is -2.24. The first kappa shape index (κ1) is 24.6. The number of nitrogens with zero attached hydrogens (tertiary/aromatic N) is 2. The van der Waals surface area contributed by atoms with Gasteiger partial charge >= 0.3 is 0 Å². The maximum absolute atomic E-state index is 12.4. The number of carbonyl (C=O) groups is 1. The number of amides is 1. The van der Waals surface area contributed by atoms with Crippen LogP contribution in [0.5, 0.6) is 11.5 Å². The maximum Gasteiger partial charge on any atom is 0.255 e. The molecule has 1 heterocycles. The van der Waals surface area contributed by atoms with Gasteiger partial charge < -0.3 is 19.4 Å². The Balaban J connectivity index is 1.28. The van der Waals surface area contributed by atoms with Gasteiger partial charge in [-0.05, 0) is 49.2 Å². The van der Waals surface area contributed by atoms with Gasteiger partial charge in [0, 0.05) is 13.0 Å². The summed E-state index contributed by atoms with van der Waals surface area (Å²) in [6, 6.07) is 22.9. The zero-order valence-electron chi connectivity index (χ0n) is 19.9. The van der Waals surface area contributed by atoms with Crippen LogP contribution in [0.25, 0.3) is 11.0 Å². The molecule has 0 radical (unpaired) electrons. The Morgan fingerprint density at radius 3 is 2.51 bits per heavy atom. The molecule has 0 aliphatic rings. The number of hydrogen-bond donors (Lipinski definition) is 1. The first-order chi connectivity index (χ1) is 17.2. The summed E-state index contributed by atoms with van der Waals surface area (Å²) >= 11 is 6.21. The van der Waals surface area contributed by atoms with Crippen LogP contribution in [-0.4, -0.2) is 35.7 Å². The summed E-state index contributed by atoms with van der Waals surface area (Å²) in [4.78, 5) is 17.3. The predicted octanol–water partition coefficient (Wildman–Crippen LogP) is 5.92. The first-order valence-corrected chi connectivity index (χ1v) is 12.3. The molecule has 3 aromatic carbocycles. The van der Waals surface area contributed by atoms with Crippen molar-refractivity contribution >= 4 is 28.5 Å². The summed E-state index contributed by atoms with van der Waals surface area (Å²) in [7, 11) is 1.57. The standard InChI is InChI=1S/C28H30ClN3O3/c1-34-25-15-8-4-11-21(25)28(33)30-18-10-2-3-17-27-31-23-13-6-7-14-24(23)32(27)19-20-35-26-16-9-5-12-22(26)29/h4-9,11-16H,2-3,10,17-20H2,1H3,(H,30,33). The molecule has 0 aliphatic heterocycles. The van der Waals surface area contributed by atoms with Gasteiger partial charge in [-0.1, -0.05) is 54.4 Å². The molecule has 1 N–H and O–H groups in total. The molecule has 0 aliphatic carbocycles. The van der Waals surface area contributed by atoms with Crippen LogP contribution in [0.4, 0.5) is 0 Å². The Hall–Kier alpha value is -3.51. The highest BCUT2D eigenvalue weighted by molar-refractivity contribution is 6.32. The number of aromatic nitrogens is 2. The molecule has 0 fully saturated rings. The number of carbonyl (C=O) groups excluding carboxylic acids is 1. The number of unbranched alkanes of at least 4 members (excludes halogenated alkanes) is 2. The van der Waals surface area contributed by atoms with Gasteiger partial charge in [0.05, 0.1) is 35.3 Å². The highest BCUT2D eigenvalue weighted by Gasteiger charge is 2.12. The minimum atomic E-state index is -0.109. The van der Waals surface area contributed by atoms with Crippen LogP contribution in [0.1, 0.15) is 35.4 Å². The van der Waals surface area contributed by atoms with Crippen molar-refractivity contribution < 1.29 is 14.3 Å². The van der Waals surface area contributed by atoms with E-state index in [1.807, 2.05) is 54.6 Å². The van der Waals surface area contributed by atoms with Crippen molar-refractivity contribution in [2.45, 2.75) is 32.2 Å². The van der Waals surface area contributed by atoms with E-state index in [1.165, 1.54) is 0 Å². The monoisotopic (exact) mass is 491 g/mol. The van der Waals surface area contributed by atoms with E-state index in [1.54, 1.807) is 19.2 Å². The van der Waals surface area contributed by atoms with Gasteiger partial charge in [-0.2, -0.15) is 0 Å². The topological polar surface area (TPSA) is 65.4 Å². The molecule has 0 saturated heterocycles. The number of rotatable bonds is 12. The summed E-state index contributed by atoms with van der Waals surface area (Å²) in [5.41, 5.74) is 2.65. The number of nitrogens with one attached hydrogen (secondary N) is 1. The minimum Gasteiger partial charge on any atom is -0.496 e. The lowest BCUT2D eigenvalue weighted by Gasteiger charge is -2.12. The average molecular weight is 492 g/mol. The molecule has 0 saturated carbocycles. The lowest BCUT2D eigenvalue weighted by molar-refractivity contribution is 0.0950. The highest BCUT2D eigenvalue weighted by Crippen LogP contribution is 2.24. The Morgan fingerprint density at radius 2 is 1.69 bits per heavy atom. The van der Waals surface area contributed by atoms with E-state index in [9.17, 15) is 4.79 Å². The zero-order chi connectivity index (χ0) is 24.5. The van der Waals surface area contributed by atoms with Crippen LogP contribution in [0.3, 0.4) is 0 Å². The van der Waals surface area contributed by atoms with Crippen molar-refractivity contribution in [3.8, 4) is 11.5 Å². The van der Waals surface area contributed by atoms with Crippen molar-refractivity contribution in [1.82, 2.24) is 14.9 Å². The Morgan fingerprint density at radius 1 is 0.943 bits per heavy atom. The van der Waals surface area contributed by atoms with Crippen LogP contribution in [0.15, 0.2) is 72.8 Å². The van der Waals surface area contributed by atoms with Crippen LogP contribution < -0.4 is 14.8 Å². The fraction of sp³-hybridized carbons (Fsp3) is 0.286. The van der Waals surface area contributed by atoms with E-state index in [2.05, 4.69) is 16.0 Å². The van der Waals surface area contributed by atoms with Crippen LogP contribution >= 0.6 is 11.6 Å². The van der Waals surface area contributed by atoms with Gasteiger partial charge in [-0.3, -0.25) is 4.79 Å². The third kappa shape index (κ3) is 6.34. The summed E-state index contributed by atoms with van der Waals surface area (Å²) in [6.45, 7) is 1.82. The second-order valence-corrected chi connectivity index (χ2v) is 8.62. The number of halogens is 1. The molecule has 35 heavy (non-hydrogen) atoms. The number of para-hydroxylation sites is 4. The third-order valence-corrected chi connectivity index (χ3v) is 6.17. The van der Waals surface area contributed by atoms with Gasteiger partial charge in [0.1, 0.15) is 23.9 Å². The number of methoxy groups -OCH3 is 1. The molecular weight excluding hydrogens is 462 g/mol. The summed E-state index contributed by atoms with van der Waals surface area (Å²) in [5.74, 6) is 2.22. The van der Waals surface area contributed by atoms with Gasteiger partial charge in [-0.15, -0.1) is 0 Å². The molecule has 7 heteroatoms. The number of fused-ring (bicyclic) bond motifs is 1. The largest absolute Gasteiger partial charge is 0.496 e. The fourth-order valence-corrected chi connectivity index (χ4v) is 4.28. The van der Waals surface area contributed by atoms with E-state index < -0.39 is 0 Å². The number of aryl methyl sites for hydroxylation is 1. The smallest absolute Gasteiger partial charge is 0.255 e. The van der Waals surface area contributed by atoms with Crippen molar-refractivity contribution in [3.63, 3.8) is 0 Å².